The summed E-state index contributed by atoms with van der Waals surface area (Å²) >= 11 is 11.1. The quantitative estimate of drug-likeness (QED) is 0.0455. The molecule has 0 aliphatic carbocycles. The smallest absolute Gasteiger partial charge is 0.330 e. The van der Waals surface area contributed by atoms with Gasteiger partial charge >= 0.3 is 5.97 Å². The summed E-state index contributed by atoms with van der Waals surface area (Å²) < 4.78 is 3.82. The van der Waals surface area contributed by atoms with Crippen LogP contribution in [-0.2, 0) is 9.53 Å². The molecule has 0 radical (unpaired) electrons. The molecule has 6 heteroatoms. The maximum Gasteiger partial charge on any atom is 0.330 e. The highest BCUT2D eigenvalue weighted by molar-refractivity contribution is 9.72. The molecule has 0 heterocycles. The van der Waals surface area contributed by atoms with Crippen LogP contribution in [0.2, 0.25) is 6.04 Å². The Kier molecular flexibility index (Phi) is 20.4. The highest BCUT2D eigenvalue weighted by atomic mass is 80.0. The topological polar surface area (TPSA) is 26.3 Å². The van der Waals surface area contributed by atoms with Gasteiger partial charge in [0.1, 0.15) is 0 Å². The van der Waals surface area contributed by atoms with Crippen LogP contribution in [0.3, 0.4) is 0 Å². The lowest BCUT2D eigenvalue weighted by Crippen LogP contribution is -2.12. The lowest BCUT2D eigenvalue weighted by Gasteiger charge is -2.11. The van der Waals surface area contributed by atoms with Gasteiger partial charge in [-0.2, -0.15) is 0 Å². The molecule has 28 heavy (non-hydrogen) atoms. The van der Waals surface area contributed by atoms with Crippen molar-refractivity contribution in [1.29, 1.82) is 0 Å². The van der Waals surface area contributed by atoms with Crippen molar-refractivity contribution in [3.05, 3.63) is 12.7 Å². The highest BCUT2D eigenvalue weighted by Gasteiger charge is 2.20. The number of hydrogen-bond donors (Lipinski definition) is 0. The van der Waals surface area contributed by atoms with Crippen molar-refractivity contribution >= 4 is 55.8 Å². The zero-order chi connectivity index (χ0) is 21.1. The summed E-state index contributed by atoms with van der Waals surface area (Å²) in [5, 5.41) is 0. The van der Waals surface area contributed by atoms with Crippen molar-refractivity contribution in [2.45, 2.75) is 122 Å². The number of hydrogen-bond acceptors (Lipinski definition) is 2. The molecule has 1 atom stereocenters. The second-order valence-electron chi connectivity index (χ2n) is 7.91. The molecule has 0 aliphatic rings. The van der Waals surface area contributed by atoms with E-state index in [0.29, 0.717) is 0 Å². The van der Waals surface area contributed by atoms with Crippen LogP contribution in [0.25, 0.3) is 0 Å². The van der Waals surface area contributed by atoms with Crippen molar-refractivity contribution < 1.29 is 9.53 Å². The van der Waals surface area contributed by atoms with Gasteiger partial charge < -0.3 is 4.74 Å². The largest absolute Gasteiger partial charge is 0.460 e. The first-order chi connectivity index (χ1) is 13.3. The first-order valence-electron chi connectivity index (χ1n) is 11.2. The molecule has 0 spiro atoms. The molecule has 0 aromatic carbocycles. The van der Waals surface area contributed by atoms with Gasteiger partial charge in [0.2, 0.25) is 0 Å². The van der Waals surface area contributed by atoms with Gasteiger partial charge in [0.15, 0.2) is 0 Å². The van der Waals surface area contributed by atoms with E-state index in [0.717, 1.165) is 12.8 Å². The predicted molar refractivity (Wildman–Crippen MR) is 137 cm³/mol. The molecule has 166 valence electrons. The molecule has 0 N–H and O–H groups in total. The van der Waals surface area contributed by atoms with E-state index in [4.69, 9.17) is 4.74 Å². The molecule has 0 bridgehead atoms. The monoisotopic (exact) mass is 602 g/mol. The highest BCUT2D eigenvalue weighted by Crippen LogP contribution is 2.33. The van der Waals surface area contributed by atoms with Gasteiger partial charge in [-0.1, -0.05) is 142 Å². The van der Waals surface area contributed by atoms with Gasteiger partial charge in [-0.15, -0.1) is 0 Å². The molecule has 0 aromatic heterocycles. The zero-order valence-electron chi connectivity index (χ0n) is 17.8. The molecule has 0 aliphatic heterocycles. The maximum absolute atomic E-state index is 11.1. The maximum atomic E-state index is 11.1. The van der Waals surface area contributed by atoms with E-state index < -0.39 is 3.93 Å². The molecule has 0 fully saturated rings. The first-order valence-corrected chi connectivity index (χ1v) is 20.2. The van der Waals surface area contributed by atoms with Crippen LogP contribution in [0.15, 0.2) is 12.7 Å². The number of ether oxygens (including phenoxy) is 1. The lowest BCUT2D eigenvalue weighted by molar-refractivity contribution is -0.142. The summed E-state index contributed by atoms with van der Waals surface area (Å²) in [5.74, 6) is -0.306. The third kappa shape index (κ3) is 23.1. The van der Waals surface area contributed by atoms with E-state index in [9.17, 15) is 4.79 Å². The Morgan fingerprint density at radius 3 is 1.50 bits per heavy atom. The number of rotatable bonds is 20. The summed E-state index contributed by atoms with van der Waals surface area (Å²) in [6, 6.07) is 1.26. The van der Waals surface area contributed by atoms with E-state index >= 15 is 0 Å². The third-order valence-corrected chi connectivity index (χ3v) is 9.54. The minimum Gasteiger partial charge on any atom is -0.460 e. The fourth-order valence-electron chi connectivity index (χ4n) is 3.36. The fourth-order valence-corrected chi connectivity index (χ4v) is 6.53. The van der Waals surface area contributed by atoms with E-state index in [2.05, 4.69) is 52.5 Å². The molecule has 0 amide bonds. The molecule has 0 saturated heterocycles. The summed E-state index contributed by atoms with van der Waals surface area (Å²) in [5.41, 5.74) is 0. The van der Waals surface area contributed by atoms with E-state index in [-0.39, 0.29) is 12.1 Å². The van der Waals surface area contributed by atoms with Crippen molar-refractivity contribution in [1.82, 2.24) is 0 Å². The summed E-state index contributed by atoms with van der Waals surface area (Å²) in [7, 11) is 0. The molecule has 2 nitrogen and oxygen atoms in total. The average Bonchev–Trinajstić information content (AvgIpc) is 2.63. The van der Waals surface area contributed by atoms with Crippen LogP contribution in [-0.4, -0.2) is 16.0 Å². The zero-order valence-corrected chi connectivity index (χ0v) is 23.6. The van der Waals surface area contributed by atoms with Gasteiger partial charge in [0.25, 0.3) is 3.93 Å². The van der Waals surface area contributed by atoms with Crippen molar-refractivity contribution in [3.8, 4) is 0 Å². The van der Waals surface area contributed by atoms with Crippen molar-refractivity contribution in [2.75, 3.05) is 0 Å². The Labute approximate surface area is 198 Å². The molecule has 1 unspecified atom stereocenters. The average molecular weight is 605 g/mol. The Morgan fingerprint density at radius 1 is 0.786 bits per heavy atom. The number of carbonyl (C=O) groups excluding carboxylic acids is 1. The molecule has 0 rings (SSSR count). The van der Waals surface area contributed by atoms with Crippen molar-refractivity contribution in [2.24, 2.45) is 0 Å². The SMILES string of the molecule is C=CC(=O)OC(C)CCCCCCCCCCCCCCCCC[Si](Br)(Br)Br. The Balaban J connectivity index is 3.16. The Bertz CT molecular complexity index is 386. The first kappa shape index (κ1) is 28.9. The Hall–Kier alpha value is 0.867. The van der Waals surface area contributed by atoms with Gasteiger partial charge in [0.05, 0.1) is 6.10 Å². The van der Waals surface area contributed by atoms with Gasteiger partial charge in [-0.3, -0.25) is 0 Å². The summed E-state index contributed by atoms with van der Waals surface area (Å²) in [4.78, 5) is 11.1. The molecule has 0 aromatic rings. The van der Waals surface area contributed by atoms with Crippen LogP contribution in [0, 0.1) is 0 Å². The van der Waals surface area contributed by atoms with E-state index in [1.54, 1.807) is 0 Å². The molecule has 0 saturated carbocycles. The third-order valence-electron chi connectivity index (χ3n) is 5.05. The van der Waals surface area contributed by atoms with Crippen LogP contribution in [0.1, 0.15) is 110 Å². The Morgan fingerprint density at radius 2 is 1.14 bits per heavy atom. The number of esters is 1. The summed E-state index contributed by atoms with van der Waals surface area (Å²) in [6.45, 7) is 5.39. The fraction of sp³-hybridized carbons (Fsp3) is 0.864. The van der Waals surface area contributed by atoms with Crippen molar-refractivity contribution in [3.63, 3.8) is 0 Å². The van der Waals surface area contributed by atoms with Gasteiger partial charge in [-0.25, -0.2) is 4.79 Å². The van der Waals surface area contributed by atoms with Crippen LogP contribution < -0.4 is 0 Å². The second-order valence-corrected chi connectivity index (χ2v) is 31.4. The number of carbonyl (C=O) groups is 1. The van der Waals surface area contributed by atoms with Crippen LogP contribution in [0.4, 0.5) is 0 Å². The number of halogens is 3. The number of unbranched alkanes of at least 4 members (excludes halogenated alkanes) is 14. The molecular weight excluding hydrogens is 564 g/mol. The lowest BCUT2D eigenvalue weighted by atomic mass is 10.0. The normalized spacial score (nSPS) is 12.7. The minimum absolute atomic E-state index is 0.0181. The molecular formula is C22H41Br3O2Si. The standard InChI is InChI=1S/C22H41Br3O2Si/c1-3-22(26)27-21(2)19-17-15-13-11-9-7-5-4-6-8-10-12-14-16-18-20-28(23,24)25/h3,21H,1,4-20H2,2H3. The van der Waals surface area contributed by atoms with Crippen LogP contribution >= 0.6 is 45.9 Å². The van der Waals surface area contributed by atoms with Gasteiger partial charge in [-0.05, 0) is 25.8 Å². The minimum atomic E-state index is -1.36. The second kappa shape index (κ2) is 19.8. The van der Waals surface area contributed by atoms with E-state index in [1.165, 1.54) is 102 Å². The van der Waals surface area contributed by atoms with Gasteiger partial charge in [0, 0.05) is 6.08 Å². The van der Waals surface area contributed by atoms with Crippen LogP contribution in [0.5, 0.6) is 0 Å². The van der Waals surface area contributed by atoms with E-state index in [1.807, 2.05) is 6.92 Å². The predicted octanol–water partition coefficient (Wildman–Crippen LogP) is 9.47. The summed E-state index contributed by atoms with van der Waals surface area (Å²) in [6.07, 6.45) is 22.6.